The molecule has 0 radical (unpaired) electrons. The van der Waals surface area contributed by atoms with E-state index in [1.165, 1.54) is 31.2 Å². The Morgan fingerprint density at radius 3 is 2.08 bits per heavy atom. The highest BCUT2D eigenvalue weighted by molar-refractivity contribution is 7.90. The van der Waals surface area contributed by atoms with E-state index in [-0.39, 0.29) is 23.1 Å². The lowest BCUT2D eigenvalue weighted by Crippen LogP contribution is -2.55. The van der Waals surface area contributed by atoms with Crippen molar-refractivity contribution in [1.82, 2.24) is 10.6 Å². The first kappa shape index (κ1) is 29.1. The van der Waals surface area contributed by atoms with Gasteiger partial charge in [0.05, 0.1) is 11.0 Å². The van der Waals surface area contributed by atoms with Gasteiger partial charge in [0.1, 0.15) is 6.04 Å². The molecule has 6 N–H and O–H groups in total. The summed E-state index contributed by atoms with van der Waals surface area (Å²) in [6.45, 7) is 1.34. The van der Waals surface area contributed by atoms with Crippen molar-refractivity contribution in [3.63, 3.8) is 0 Å². The Bertz CT molecular complexity index is 1400. The van der Waals surface area contributed by atoms with Gasteiger partial charge < -0.3 is 26.9 Å². The second kappa shape index (κ2) is 12.9. The third-order valence-corrected chi connectivity index (χ3v) is 7.38. The zero-order chi connectivity index (χ0) is 27.9. The zero-order valence-corrected chi connectivity index (χ0v) is 22.6. The number of halogens is 2. The van der Waals surface area contributed by atoms with E-state index in [0.29, 0.717) is 15.6 Å². The minimum atomic E-state index is -4.26. The average molecular weight is 577 g/mol. The second-order valence-corrected chi connectivity index (χ2v) is 10.9. The van der Waals surface area contributed by atoms with Crippen molar-refractivity contribution in [2.45, 2.75) is 29.9 Å². The van der Waals surface area contributed by atoms with Crippen LogP contribution in [0.5, 0.6) is 0 Å². The predicted molar refractivity (Wildman–Crippen MR) is 149 cm³/mol. The number of guanidine groups is 1. The molecule has 0 aliphatic heterocycles. The number of amides is 1. The molecule has 0 aliphatic carbocycles. The quantitative estimate of drug-likeness (QED) is 0.184. The van der Waals surface area contributed by atoms with Gasteiger partial charge in [-0.1, -0.05) is 65.7 Å². The van der Waals surface area contributed by atoms with Gasteiger partial charge in [0.15, 0.2) is 0 Å². The molecule has 38 heavy (non-hydrogen) atoms. The van der Waals surface area contributed by atoms with Crippen molar-refractivity contribution in [3.05, 3.63) is 100 Å². The molecule has 0 fully saturated rings. The van der Waals surface area contributed by atoms with E-state index in [1.807, 2.05) is 30.3 Å². The fourth-order valence-electron chi connectivity index (χ4n) is 3.57. The topological polar surface area (TPSA) is 158 Å². The zero-order valence-electron chi connectivity index (χ0n) is 20.3. The molecule has 0 aliphatic rings. The van der Waals surface area contributed by atoms with E-state index in [9.17, 15) is 18.3 Å². The van der Waals surface area contributed by atoms with Gasteiger partial charge in [-0.3, -0.25) is 4.79 Å². The van der Waals surface area contributed by atoms with E-state index in [2.05, 4.69) is 15.0 Å². The summed E-state index contributed by atoms with van der Waals surface area (Å²) in [6, 6.07) is 20.0. The number of aliphatic hydroxyl groups is 1. The highest BCUT2D eigenvalue weighted by Gasteiger charge is 2.26. The number of benzene rings is 3. The van der Waals surface area contributed by atoms with Crippen LogP contribution < -0.4 is 16.4 Å². The van der Waals surface area contributed by atoms with Crippen LogP contribution in [0.4, 0.5) is 0 Å². The molecule has 0 saturated heterocycles. The predicted octanol–water partition coefficient (Wildman–Crippen LogP) is 3.30. The number of nitrogens with two attached hydrogens (primary N) is 1. The molecule has 0 heterocycles. The standard InChI is InChI=1S/C26H27Cl2N5O4S/c1-16(34)24(25(30)35)32-26(33-38(36,37)21-13-11-20(28)12-14-21)31-15-22(17-5-3-2-4-6-17)23(29)18-7-9-19(27)10-8-18/h2-14,16,22,24,29,34H,15H2,1H3,(H2,30,35)(H2,31,32,33)/t16-,22+,24-/m1/s1. The van der Waals surface area contributed by atoms with Crippen LogP contribution in [-0.2, 0) is 14.8 Å². The van der Waals surface area contributed by atoms with Gasteiger partial charge in [0.25, 0.3) is 10.0 Å². The SMILES string of the molecule is C[C@@H](O)[C@@H](N/C(=N\S(=O)(=O)c1ccc(Cl)cc1)NC[C@H](C(=N)c1ccc(Cl)cc1)c1ccccc1)C(N)=O. The average Bonchev–Trinajstić information content (AvgIpc) is 2.87. The molecule has 200 valence electrons. The summed E-state index contributed by atoms with van der Waals surface area (Å²) in [5.41, 5.74) is 7.04. The van der Waals surface area contributed by atoms with Crippen molar-refractivity contribution in [3.8, 4) is 0 Å². The molecule has 3 atom stereocenters. The number of aliphatic hydroxyl groups excluding tert-OH is 1. The molecular weight excluding hydrogens is 549 g/mol. The summed E-state index contributed by atoms with van der Waals surface area (Å²) in [4.78, 5) is 11.8. The van der Waals surface area contributed by atoms with Crippen LogP contribution in [0.1, 0.15) is 24.0 Å². The van der Waals surface area contributed by atoms with Crippen molar-refractivity contribution in [2.24, 2.45) is 10.1 Å². The van der Waals surface area contributed by atoms with Crippen molar-refractivity contribution < 1.29 is 18.3 Å². The molecule has 0 bridgehead atoms. The van der Waals surface area contributed by atoms with Gasteiger partial charge >= 0.3 is 0 Å². The summed E-state index contributed by atoms with van der Waals surface area (Å²) in [7, 11) is -4.26. The Labute approximate surface area is 231 Å². The summed E-state index contributed by atoms with van der Waals surface area (Å²) in [6.07, 6.45) is -1.25. The van der Waals surface area contributed by atoms with Crippen molar-refractivity contribution in [1.29, 1.82) is 5.41 Å². The third-order valence-electron chi connectivity index (χ3n) is 5.58. The van der Waals surface area contributed by atoms with Gasteiger partial charge in [-0.2, -0.15) is 8.42 Å². The molecular formula is C26H27Cl2N5O4S. The maximum absolute atomic E-state index is 13.0. The molecule has 3 rings (SSSR count). The first-order valence-electron chi connectivity index (χ1n) is 11.5. The lowest BCUT2D eigenvalue weighted by atomic mass is 9.90. The van der Waals surface area contributed by atoms with Gasteiger partial charge in [0.2, 0.25) is 11.9 Å². The maximum atomic E-state index is 13.0. The van der Waals surface area contributed by atoms with Crippen molar-refractivity contribution in [2.75, 3.05) is 6.54 Å². The molecule has 3 aromatic rings. The molecule has 12 heteroatoms. The molecule has 0 aromatic heterocycles. The van der Waals surface area contributed by atoms with E-state index in [1.54, 1.807) is 24.3 Å². The second-order valence-electron chi connectivity index (χ2n) is 8.40. The van der Waals surface area contributed by atoms with Crippen LogP contribution in [0.2, 0.25) is 10.0 Å². The number of hydrogen-bond donors (Lipinski definition) is 5. The summed E-state index contributed by atoms with van der Waals surface area (Å²) >= 11 is 11.9. The minimum Gasteiger partial charge on any atom is -0.391 e. The Hall–Kier alpha value is -3.44. The Morgan fingerprint density at radius 1 is 1.00 bits per heavy atom. The lowest BCUT2D eigenvalue weighted by Gasteiger charge is -2.24. The van der Waals surface area contributed by atoms with Crippen LogP contribution in [0.25, 0.3) is 0 Å². The summed E-state index contributed by atoms with van der Waals surface area (Å²) in [5.74, 6) is -1.79. The minimum absolute atomic E-state index is 0.0126. The van der Waals surface area contributed by atoms with Gasteiger partial charge in [0, 0.05) is 28.2 Å². The number of carbonyl (C=O) groups is 1. The maximum Gasteiger partial charge on any atom is 0.285 e. The van der Waals surface area contributed by atoms with Gasteiger partial charge in [-0.05, 0) is 54.4 Å². The Morgan fingerprint density at radius 2 is 1.55 bits per heavy atom. The molecule has 0 saturated carbocycles. The van der Waals surface area contributed by atoms with Gasteiger partial charge in [-0.15, -0.1) is 4.40 Å². The van der Waals surface area contributed by atoms with Crippen LogP contribution in [-0.4, -0.2) is 49.8 Å². The largest absolute Gasteiger partial charge is 0.391 e. The number of sulfonamides is 1. The number of nitrogens with one attached hydrogen (secondary N) is 3. The first-order valence-corrected chi connectivity index (χ1v) is 13.6. The molecule has 0 unspecified atom stereocenters. The molecule has 1 amide bonds. The number of primary amides is 1. The molecule has 0 spiro atoms. The summed E-state index contributed by atoms with van der Waals surface area (Å²) in [5, 5.41) is 25.3. The fraction of sp³-hybridized carbons (Fsp3) is 0.192. The molecule has 3 aromatic carbocycles. The third kappa shape index (κ3) is 7.78. The van der Waals surface area contributed by atoms with Crippen LogP contribution in [0.3, 0.4) is 0 Å². The van der Waals surface area contributed by atoms with Crippen LogP contribution in [0, 0.1) is 5.41 Å². The van der Waals surface area contributed by atoms with E-state index in [0.717, 1.165) is 5.56 Å². The van der Waals surface area contributed by atoms with Crippen molar-refractivity contribution >= 4 is 50.8 Å². The van der Waals surface area contributed by atoms with Crippen LogP contribution >= 0.6 is 23.2 Å². The summed E-state index contributed by atoms with van der Waals surface area (Å²) < 4.78 is 29.9. The lowest BCUT2D eigenvalue weighted by molar-refractivity contribution is -0.121. The van der Waals surface area contributed by atoms with E-state index < -0.39 is 34.0 Å². The van der Waals surface area contributed by atoms with E-state index in [4.69, 9.17) is 34.3 Å². The number of rotatable bonds is 10. The normalized spacial score (nSPS) is 14.3. The number of hydrogen-bond acceptors (Lipinski definition) is 5. The smallest absolute Gasteiger partial charge is 0.285 e. The highest BCUT2D eigenvalue weighted by atomic mass is 35.5. The number of nitrogens with zero attached hydrogens (tertiary/aromatic N) is 1. The highest BCUT2D eigenvalue weighted by Crippen LogP contribution is 2.22. The van der Waals surface area contributed by atoms with Gasteiger partial charge in [-0.25, -0.2) is 0 Å². The fourth-order valence-corrected chi connectivity index (χ4v) is 4.76. The number of carbonyl (C=O) groups excluding carboxylic acids is 1. The monoisotopic (exact) mass is 575 g/mol. The first-order chi connectivity index (χ1) is 18.0. The molecule has 9 nitrogen and oxygen atoms in total. The Balaban J connectivity index is 1.98. The Kier molecular flexibility index (Phi) is 9.87. The van der Waals surface area contributed by atoms with E-state index >= 15 is 0 Å². The van der Waals surface area contributed by atoms with Crippen LogP contribution in [0.15, 0.2) is 88.2 Å².